The zero-order valence-electron chi connectivity index (χ0n) is 18.4. The van der Waals surface area contributed by atoms with Gasteiger partial charge in [0.15, 0.2) is 11.6 Å². The van der Waals surface area contributed by atoms with Gasteiger partial charge in [-0.25, -0.2) is 19.3 Å². The molecule has 2 saturated carbocycles. The van der Waals surface area contributed by atoms with Crippen molar-refractivity contribution >= 4 is 27.8 Å². The van der Waals surface area contributed by atoms with Crippen LogP contribution in [-0.2, 0) is 6.42 Å². The predicted octanol–water partition coefficient (Wildman–Crippen LogP) is 3.46. The van der Waals surface area contributed by atoms with Crippen LogP contribution in [-0.4, -0.2) is 40.9 Å². The zero-order valence-corrected chi connectivity index (χ0v) is 18.4. The third-order valence-electron chi connectivity index (χ3n) is 7.98. The van der Waals surface area contributed by atoms with E-state index >= 15 is 0 Å². The molecule has 33 heavy (non-hydrogen) atoms. The van der Waals surface area contributed by atoms with Crippen molar-refractivity contribution in [3.63, 3.8) is 0 Å². The lowest BCUT2D eigenvalue weighted by atomic mass is 9.76. The smallest absolute Gasteiger partial charge is 0.165 e. The van der Waals surface area contributed by atoms with Gasteiger partial charge in [-0.05, 0) is 55.9 Å². The number of nitrogens with zero attached hydrogens (tertiary/aromatic N) is 4. The van der Waals surface area contributed by atoms with E-state index in [4.69, 9.17) is 5.73 Å². The summed E-state index contributed by atoms with van der Waals surface area (Å²) in [5, 5.41) is 25.7. The van der Waals surface area contributed by atoms with Crippen LogP contribution in [0, 0.1) is 18.7 Å². The highest BCUT2D eigenvalue weighted by Crippen LogP contribution is 2.59. The van der Waals surface area contributed by atoms with Crippen molar-refractivity contribution in [2.45, 2.75) is 56.3 Å². The average Bonchev–Trinajstić information content (AvgIpc) is 3.42. The minimum atomic E-state index is -1.40. The Bertz CT molecular complexity index is 1400. The molecule has 0 saturated heterocycles. The van der Waals surface area contributed by atoms with Crippen molar-refractivity contribution in [3.8, 4) is 0 Å². The molecule has 0 amide bonds. The largest absolute Gasteiger partial charge is 0.386 e. The summed E-state index contributed by atoms with van der Waals surface area (Å²) in [7, 11) is 0. The molecule has 4 aromatic rings. The molecule has 2 aliphatic rings. The molecule has 2 aliphatic carbocycles. The molecule has 0 aliphatic heterocycles. The zero-order chi connectivity index (χ0) is 23.0. The van der Waals surface area contributed by atoms with Gasteiger partial charge in [0.2, 0.25) is 0 Å². The number of fused-ring (bicyclic) bond motifs is 3. The van der Waals surface area contributed by atoms with Crippen LogP contribution in [0.1, 0.15) is 43.0 Å². The van der Waals surface area contributed by atoms with Gasteiger partial charge in [-0.1, -0.05) is 18.6 Å². The number of pyridine rings is 1. The Morgan fingerprint density at radius 3 is 2.91 bits per heavy atom. The summed E-state index contributed by atoms with van der Waals surface area (Å²) in [5.74, 6) is -0.693. The van der Waals surface area contributed by atoms with E-state index < -0.39 is 17.0 Å². The summed E-state index contributed by atoms with van der Waals surface area (Å²) in [4.78, 5) is 13.0. The van der Waals surface area contributed by atoms with Crippen LogP contribution in [0.5, 0.6) is 0 Å². The molecule has 2 fully saturated rings. The summed E-state index contributed by atoms with van der Waals surface area (Å²) in [6.07, 6.45) is 6.72. The van der Waals surface area contributed by atoms with Gasteiger partial charge < -0.3 is 20.5 Å². The van der Waals surface area contributed by atoms with Crippen molar-refractivity contribution in [2.75, 3.05) is 5.73 Å². The summed E-state index contributed by atoms with van der Waals surface area (Å²) in [5.41, 5.74) is 6.10. The number of benzene rings is 1. The Hall–Kier alpha value is -3.10. The van der Waals surface area contributed by atoms with Gasteiger partial charge in [-0.3, -0.25) is 0 Å². The number of aryl methyl sites for hydroxylation is 1. The molecule has 4 unspecified atom stereocenters. The standard InChI is InChI=1S/C25H26FN5O2/c1-14-18-6-8-31(23(18)29-13-28-14)21-11-17-3-2-7-24(17,32)25(21,33)12-15-4-5-16-10-19(26)22(27)30-20(16)9-15/h4-6,8-10,13,17,21,32-33H,2-3,7,11-12H2,1H3,(H2,27,30). The van der Waals surface area contributed by atoms with Crippen LogP contribution < -0.4 is 5.73 Å². The second-order valence-corrected chi connectivity index (χ2v) is 9.67. The summed E-state index contributed by atoms with van der Waals surface area (Å²) in [6.45, 7) is 1.94. The lowest BCUT2D eigenvalue weighted by Crippen LogP contribution is -2.56. The first-order chi connectivity index (χ1) is 15.8. The molecule has 6 rings (SSSR count). The van der Waals surface area contributed by atoms with Gasteiger partial charge in [0, 0.05) is 23.4 Å². The van der Waals surface area contributed by atoms with Crippen LogP contribution in [0.25, 0.3) is 21.9 Å². The molecule has 0 bridgehead atoms. The maximum Gasteiger partial charge on any atom is 0.165 e. The number of hydrogen-bond acceptors (Lipinski definition) is 6. The highest BCUT2D eigenvalue weighted by Gasteiger charge is 2.65. The molecule has 170 valence electrons. The number of aromatic nitrogens is 4. The van der Waals surface area contributed by atoms with Gasteiger partial charge in [0.1, 0.15) is 17.6 Å². The third kappa shape index (κ3) is 2.83. The van der Waals surface area contributed by atoms with E-state index in [9.17, 15) is 14.6 Å². The van der Waals surface area contributed by atoms with Crippen LogP contribution >= 0.6 is 0 Å². The number of nitrogens with two attached hydrogens (primary N) is 1. The first kappa shape index (κ1) is 20.5. The molecule has 4 N–H and O–H groups in total. The van der Waals surface area contributed by atoms with Crippen molar-refractivity contribution in [2.24, 2.45) is 5.92 Å². The van der Waals surface area contributed by atoms with Crippen LogP contribution in [0.3, 0.4) is 0 Å². The first-order valence-corrected chi connectivity index (χ1v) is 11.4. The Morgan fingerprint density at radius 1 is 1.21 bits per heavy atom. The number of aliphatic hydroxyl groups is 2. The lowest BCUT2D eigenvalue weighted by Gasteiger charge is -2.42. The van der Waals surface area contributed by atoms with E-state index in [0.29, 0.717) is 23.7 Å². The fourth-order valence-corrected chi connectivity index (χ4v) is 6.28. The fraction of sp³-hybridized carbons (Fsp3) is 0.400. The van der Waals surface area contributed by atoms with Crippen molar-refractivity contribution in [1.82, 2.24) is 19.5 Å². The van der Waals surface area contributed by atoms with E-state index in [2.05, 4.69) is 15.0 Å². The summed E-state index contributed by atoms with van der Waals surface area (Å²) >= 11 is 0. The normalized spacial score (nSPS) is 29.2. The number of halogens is 1. The highest BCUT2D eigenvalue weighted by molar-refractivity contribution is 5.81. The van der Waals surface area contributed by atoms with E-state index in [1.165, 1.54) is 12.4 Å². The number of rotatable bonds is 3. The minimum Gasteiger partial charge on any atom is -0.386 e. The van der Waals surface area contributed by atoms with Gasteiger partial charge in [0.05, 0.1) is 22.9 Å². The maximum absolute atomic E-state index is 13.8. The second-order valence-electron chi connectivity index (χ2n) is 9.67. The Balaban J connectivity index is 1.47. The fourth-order valence-electron chi connectivity index (χ4n) is 6.28. The molecule has 0 spiro atoms. The topological polar surface area (TPSA) is 110 Å². The molecule has 0 radical (unpaired) electrons. The van der Waals surface area contributed by atoms with E-state index in [0.717, 1.165) is 35.1 Å². The molecule has 3 heterocycles. The van der Waals surface area contributed by atoms with Gasteiger partial charge in [-0.2, -0.15) is 0 Å². The van der Waals surface area contributed by atoms with Crippen molar-refractivity contribution in [1.29, 1.82) is 0 Å². The summed E-state index contributed by atoms with van der Waals surface area (Å²) in [6, 6.07) is 8.46. The Kier molecular flexibility index (Phi) is 4.32. The average molecular weight is 448 g/mol. The number of nitrogen functional groups attached to an aromatic ring is 1. The SMILES string of the molecule is Cc1ncnc2c1ccn2C1CC2CCCC2(O)C1(O)Cc1ccc2cc(F)c(N)nc2c1. The maximum atomic E-state index is 13.8. The molecular formula is C25H26FN5O2. The van der Waals surface area contributed by atoms with E-state index in [1.807, 2.05) is 35.9 Å². The quantitative estimate of drug-likeness (QED) is 0.444. The van der Waals surface area contributed by atoms with Crippen LogP contribution in [0.4, 0.5) is 10.2 Å². The summed E-state index contributed by atoms with van der Waals surface area (Å²) < 4.78 is 15.8. The van der Waals surface area contributed by atoms with Crippen LogP contribution in [0.2, 0.25) is 0 Å². The van der Waals surface area contributed by atoms with Gasteiger partial charge in [-0.15, -0.1) is 0 Å². The number of hydrogen-bond donors (Lipinski definition) is 3. The Labute approximate surface area is 190 Å². The van der Waals surface area contributed by atoms with Crippen LogP contribution in [0.15, 0.2) is 42.9 Å². The molecule has 1 aromatic carbocycles. The van der Waals surface area contributed by atoms with E-state index in [-0.39, 0.29) is 24.2 Å². The van der Waals surface area contributed by atoms with E-state index in [1.54, 1.807) is 6.07 Å². The highest BCUT2D eigenvalue weighted by atomic mass is 19.1. The van der Waals surface area contributed by atoms with Gasteiger partial charge >= 0.3 is 0 Å². The monoisotopic (exact) mass is 447 g/mol. The molecule has 7 nitrogen and oxygen atoms in total. The molecular weight excluding hydrogens is 421 g/mol. The second kappa shape index (κ2) is 6.95. The number of anilines is 1. The van der Waals surface area contributed by atoms with Gasteiger partial charge in [0.25, 0.3) is 0 Å². The lowest BCUT2D eigenvalue weighted by molar-refractivity contribution is -0.154. The van der Waals surface area contributed by atoms with Crippen molar-refractivity contribution in [3.05, 3.63) is 59.9 Å². The molecule has 8 heteroatoms. The predicted molar refractivity (Wildman–Crippen MR) is 123 cm³/mol. The molecule has 4 atom stereocenters. The first-order valence-electron chi connectivity index (χ1n) is 11.4. The Morgan fingerprint density at radius 2 is 2.06 bits per heavy atom. The minimum absolute atomic E-state index is 0.0104. The van der Waals surface area contributed by atoms with Crippen molar-refractivity contribution < 1.29 is 14.6 Å². The third-order valence-corrected chi connectivity index (χ3v) is 7.98. The molecule has 3 aromatic heterocycles.